The summed E-state index contributed by atoms with van der Waals surface area (Å²) in [6.45, 7) is 1.20. The van der Waals surface area contributed by atoms with Crippen LogP contribution in [-0.2, 0) is 9.59 Å². The summed E-state index contributed by atoms with van der Waals surface area (Å²) in [7, 11) is 0. The third kappa shape index (κ3) is 4.53. The molecule has 0 aliphatic heterocycles. The number of hydrogen-bond acceptors (Lipinski definition) is 2. The van der Waals surface area contributed by atoms with Crippen LogP contribution in [0.1, 0.15) is 6.92 Å². The topological polar surface area (TPSA) is 49.4 Å². The van der Waals surface area contributed by atoms with Crippen molar-refractivity contribution in [1.82, 2.24) is 0 Å². The molecule has 120 valence electrons. The molecule has 0 spiro atoms. The average molecular weight is 400 g/mol. The molecule has 0 unspecified atom stereocenters. The Morgan fingerprint density at radius 2 is 1.96 bits per heavy atom. The first-order chi connectivity index (χ1) is 10.9. The number of hydrogen-bond donors (Lipinski definition) is 1. The van der Waals surface area contributed by atoms with E-state index in [4.69, 9.17) is 11.6 Å². The van der Waals surface area contributed by atoms with E-state index in [1.165, 1.54) is 24.0 Å². The predicted octanol–water partition coefficient (Wildman–Crippen LogP) is 4.23. The highest BCUT2D eigenvalue weighted by Gasteiger charge is 2.18. The van der Waals surface area contributed by atoms with Crippen molar-refractivity contribution in [1.29, 1.82) is 0 Å². The molecule has 2 aromatic carbocycles. The fourth-order valence-corrected chi connectivity index (χ4v) is 2.63. The summed E-state index contributed by atoms with van der Waals surface area (Å²) >= 11 is 9.03. The SMILES string of the molecule is CC(=O)N(CC(=O)Nc1ccc(F)c(Cl)c1)c1ccccc1Br. The molecule has 2 amide bonds. The zero-order valence-electron chi connectivity index (χ0n) is 12.1. The van der Waals surface area contributed by atoms with Crippen LogP contribution < -0.4 is 10.2 Å². The van der Waals surface area contributed by atoms with E-state index >= 15 is 0 Å². The fraction of sp³-hybridized carbons (Fsp3) is 0.125. The van der Waals surface area contributed by atoms with Crippen LogP contribution in [0.15, 0.2) is 46.9 Å². The summed E-state index contributed by atoms with van der Waals surface area (Å²) in [6, 6.07) is 11.0. The molecule has 1 N–H and O–H groups in total. The minimum absolute atomic E-state index is 0.0861. The Balaban J connectivity index is 2.14. The van der Waals surface area contributed by atoms with Gasteiger partial charge in [0.25, 0.3) is 0 Å². The first-order valence-corrected chi connectivity index (χ1v) is 7.83. The Morgan fingerprint density at radius 1 is 1.26 bits per heavy atom. The van der Waals surface area contributed by atoms with Gasteiger partial charge >= 0.3 is 0 Å². The third-order valence-electron chi connectivity index (χ3n) is 3.03. The van der Waals surface area contributed by atoms with Gasteiger partial charge in [0.1, 0.15) is 12.4 Å². The second kappa shape index (κ2) is 7.57. The molecule has 0 aliphatic rings. The normalized spacial score (nSPS) is 10.3. The van der Waals surface area contributed by atoms with Crippen molar-refractivity contribution < 1.29 is 14.0 Å². The van der Waals surface area contributed by atoms with Crippen LogP contribution in [0.4, 0.5) is 15.8 Å². The van der Waals surface area contributed by atoms with E-state index in [0.717, 1.165) is 6.07 Å². The highest BCUT2D eigenvalue weighted by atomic mass is 79.9. The molecule has 0 bridgehead atoms. The van der Waals surface area contributed by atoms with Gasteiger partial charge in [0.15, 0.2) is 0 Å². The lowest BCUT2D eigenvalue weighted by Gasteiger charge is -2.22. The van der Waals surface area contributed by atoms with Crippen LogP contribution in [0.25, 0.3) is 0 Å². The Morgan fingerprint density at radius 3 is 2.57 bits per heavy atom. The fourth-order valence-electron chi connectivity index (χ4n) is 1.95. The van der Waals surface area contributed by atoms with E-state index in [0.29, 0.717) is 15.8 Å². The standard InChI is InChI=1S/C16H13BrClFN2O2/c1-10(22)21(15-5-3-2-4-12(15)17)9-16(23)20-11-6-7-14(19)13(18)8-11/h2-8H,9H2,1H3,(H,20,23). The number of amides is 2. The highest BCUT2D eigenvalue weighted by Crippen LogP contribution is 2.26. The van der Waals surface area contributed by atoms with Gasteiger partial charge in [0.05, 0.1) is 10.7 Å². The molecule has 0 saturated heterocycles. The van der Waals surface area contributed by atoms with Crippen molar-refractivity contribution in [3.63, 3.8) is 0 Å². The summed E-state index contributed by atoms with van der Waals surface area (Å²) in [4.78, 5) is 25.3. The molecule has 2 rings (SSSR count). The Bertz CT molecular complexity index is 755. The van der Waals surface area contributed by atoms with Gasteiger partial charge in [-0.05, 0) is 46.3 Å². The van der Waals surface area contributed by atoms with Crippen LogP contribution >= 0.6 is 27.5 Å². The van der Waals surface area contributed by atoms with Crippen LogP contribution in [0.2, 0.25) is 5.02 Å². The predicted molar refractivity (Wildman–Crippen MR) is 92.2 cm³/mol. The summed E-state index contributed by atoms with van der Waals surface area (Å²) in [5.41, 5.74) is 0.948. The van der Waals surface area contributed by atoms with E-state index in [-0.39, 0.29) is 17.5 Å². The summed E-state index contributed by atoms with van der Waals surface area (Å²) < 4.78 is 13.8. The van der Waals surface area contributed by atoms with Gasteiger partial charge in [-0.25, -0.2) is 4.39 Å². The van der Waals surface area contributed by atoms with E-state index in [1.807, 2.05) is 6.07 Å². The quantitative estimate of drug-likeness (QED) is 0.836. The first-order valence-electron chi connectivity index (χ1n) is 6.66. The Labute approximate surface area is 146 Å². The summed E-state index contributed by atoms with van der Waals surface area (Å²) in [6.07, 6.45) is 0. The van der Waals surface area contributed by atoms with Gasteiger partial charge in [-0.1, -0.05) is 23.7 Å². The lowest BCUT2D eigenvalue weighted by Crippen LogP contribution is -2.36. The van der Waals surface area contributed by atoms with Gasteiger partial charge in [0.2, 0.25) is 11.8 Å². The van der Waals surface area contributed by atoms with Crippen molar-refractivity contribution >= 4 is 50.7 Å². The van der Waals surface area contributed by atoms with Gasteiger partial charge in [0, 0.05) is 17.1 Å². The number of rotatable bonds is 4. The number of carbonyl (C=O) groups is 2. The second-order valence-electron chi connectivity index (χ2n) is 4.73. The molecular weight excluding hydrogens is 387 g/mol. The van der Waals surface area contributed by atoms with Gasteiger partial charge < -0.3 is 10.2 Å². The molecule has 4 nitrogen and oxygen atoms in total. The number of nitrogens with zero attached hydrogens (tertiary/aromatic N) is 1. The third-order valence-corrected chi connectivity index (χ3v) is 3.99. The smallest absolute Gasteiger partial charge is 0.244 e. The lowest BCUT2D eigenvalue weighted by atomic mass is 10.2. The molecule has 7 heteroatoms. The van der Waals surface area contributed by atoms with Crippen molar-refractivity contribution in [3.05, 3.63) is 57.8 Å². The zero-order valence-corrected chi connectivity index (χ0v) is 14.5. The minimum atomic E-state index is -0.566. The van der Waals surface area contributed by atoms with Gasteiger partial charge in [-0.2, -0.15) is 0 Å². The monoisotopic (exact) mass is 398 g/mol. The van der Waals surface area contributed by atoms with Gasteiger partial charge in [-0.3, -0.25) is 9.59 Å². The Hall–Kier alpha value is -1.92. The molecule has 0 aliphatic carbocycles. The van der Waals surface area contributed by atoms with E-state index in [1.54, 1.807) is 18.2 Å². The molecule has 0 atom stereocenters. The number of carbonyl (C=O) groups excluding carboxylic acids is 2. The molecular formula is C16H13BrClFN2O2. The molecule has 23 heavy (non-hydrogen) atoms. The van der Waals surface area contributed by atoms with Crippen LogP contribution in [0.3, 0.4) is 0 Å². The van der Waals surface area contributed by atoms with E-state index in [2.05, 4.69) is 21.2 Å². The van der Waals surface area contributed by atoms with Crippen LogP contribution in [0, 0.1) is 5.82 Å². The molecule has 0 aromatic heterocycles. The number of anilines is 2. The number of benzene rings is 2. The van der Waals surface area contributed by atoms with Crippen molar-refractivity contribution in [3.8, 4) is 0 Å². The van der Waals surface area contributed by atoms with Crippen molar-refractivity contribution in [2.75, 3.05) is 16.8 Å². The van der Waals surface area contributed by atoms with Crippen molar-refractivity contribution in [2.24, 2.45) is 0 Å². The van der Waals surface area contributed by atoms with Crippen LogP contribution in [-0.4, -0.2) is 18.4 Å². The highest BCUT2D eigenvalue weighted by molar-refractivity contribution is 9.10. The van der Waals surface area contributed by atoms with Gasteiger partial charge in [-0.15, -0.1) is 0 Å². The zero-order chi connectivity index (χ0) is 17.0. The molecule has 0 fully saturated rings. The number of para-hydroxylation sites is 1. The minimum Gasteiger partial charge on any atom is -0.324 e. The number of halogens is 3. The van der Waals surface area contributed by atoms with E-state index < -0.39 is 11.7 Å². The first kappa shape index (κ1) is 17.4. The largest absolute Gasteiger partial charge is 0.324 e. The van der Waals surface area contributed by atoms with Crippen molar-refractivity contribution in [2.45, 2.75) is 6.92 Å². The number of nitrogens with one attached hydrogen (secondary N) is 1. The summed E-state index contributed by atoms with van der Waals surface area (Å²) in [5.74, 6) is -1.26. The maximum atomic E-state index is 13.1. The van der Waals surface area contributed by atoms with Crippen LogP contribution in [0.5, 0.6) is 0 Å². The lowest BCUT2D eigenvalue weighted by molar-refractivity contribution is -0.120. The molecule has 2 aromatic rings. The second-order valence-corrected chi connectivity index (χ2v) is 6.00. The maximum Gasteiger partial charge on any atom is 0.244 e. The molecule has 0 heterocycles. The molecule has 0 saturated carbocycles. The maximum absolute atomic E-state index is 13.1. The summed E-state index contributed by atoms with van der Waals surface area (Å²) in [5, 5.41) is 2.50. The Kier molecular flexibility index (Phi) is 5.74. The average Bonchev–Trinajstić information content (AvgIpc) is 2.49. The molecule has 0 radical (unpaired) electrons. The van der Waals surface area contributed by atoms with E-state index in [9.17, 15) is 14.0 Å².